The second-order valence-corrected chi connectivity index (χ2v) is 5.77. The van der Waals surface area contributed by atoms with Crippen molar-refractivity contribution in [2.45, 2.75) is 13.0 Å². The van der Waals surface area contributed by atoms with Gasteiger partial charge in [0.15, 0.2) is 5.65 Å². The lowest BCUT2D eigenvalue weighted by molar-refractivity contribution is 0.0736. The van der Waals surface area contributed by atoms with E-state index in [9.17, 15) is 9.59 Å². The van der Waals surface area contributed by atoms with Gasteiger partial charge in [-0.2, -0.15) is 0 Å². The predicted molar refractivity (Wildman–Crippen MR) is 88.2 cm³/mol. The smallest absolute Gasteiger partial charge is 0.325 e. The number of carbonyl (C=O) groups excluding carboxylic acids is 1. The summed E-state index contributed by atoms with van der Waals surface area (Å²) in [5, 5.41) is 0. The largest absolute Gasteiger partial charge is 0.497 e. The minimum Gasteiger partial charge on any atom is -0.497 e. The molecule has 0 radical (unpaired) electrons. The lowest BCUT2D eigenvalue weighted by Crippen LogP contribution is -2.36. The van der Waals surface area contributed by atoms with Crippen molar-refractivity contribution >= 4 is 17.1 Å². The van der Waals surface area contributed by atoms with Gasteiger partial charge in [0.2, 0.25) is 0 Å². The van der Waals surface area contributed by atoms with Crippen molar-refractivity contribution in [3.8, 4) is 5.75 Å². The van der Waals surface area contributed by atoms with Crippen LogP contribution in [0.4, 0.5) is 0 Å². The maximum absolute atomic E-state index is 12.9. The molecule has 0 unspecified atom stereocenters. The number of aromatic nitrogens is 3. The normalized spacial score (nSPS) is 13.8. The number of rotatable bonds is 2. The van der Waals surface area contributed by atoms with Crippen LogP contribution in [0.5, 0.6) is 5.75 Å². The van der Waals surface area contributed by atoms with Gasteiger partial charge in [-0.25, -0.2) is 9.78 Å². The molecule has 0 fully saturated rings. The van der Waals surface area contributed by atoms with E-state index in [4.69, 9.17) is 4.74 Å². The van der Waals surface area contributed by atoms with Gasteiger partial charge in [0.25, 0.3) is 5.91 Å². The summed E-state index contributed by atoms with van der Waals surface area (Å²) in [4.78, 5) is 35.5. The second kappa shape index (κ2) is 5.52. The molecule has 0 atom stereocenters. The molecule has 1 aliphatic rings. The number of nitrogens with one attached hydrogen (secondary N) is 2. The number of methoxy groups -OCH3 is 1. The average Bonchev–Trinajstić information content (AvgIpc) is 3.00. The van der Waals surface area contributed by atoms with Gasteiger partial charge >= 0.3 is 5.69 Å². The number of ether oxygens (including phenoxy) is 1. The van der Waals surface area contributed by atoms with Crippen LogP contribution in [0.25, 0.3) is 11.2 Å². The molecule has 7 heteroatoms. The van der Waals surface area contributed by atoms with Crippen LogP contribution in [0.1, 0.15) is 21.5 Å². The molecule has 0 bridgehead atoms. The van der Waals surface area contributed by atoms with Crippen molar-refractivity contribution in [3.63, 3.8) is 0 Å². The van der Waals surface area contributed by atoms with Gasteiger partial charge in [0, 0.05) is 19.3 Å². The SMILES string of the molecule is COc1ccc2c(c1)CN(C(=O)c1ccnc3[nH]c(=O)[nH]c13)CC2. The quantitative estimate of drug-likeness (QED) is 0.746. The molecule has 0 saturated carbocycles. The Morgan fingerprint density at radius 2 is 2.12 bits per heavy atom. The number of imidazole rings is 1. The predicted octanol–water partition coefficient (Wildman–Crippen LogP) is 1.46. The fourth-order valence-corrected chi connectivity index (χ4v) is 3.12. The third-order valence-electron chi connectivity index (χ3n) is 4.36. The highest BCUT2D eigenvalue weighted by Crippen LogP contribution is 2.25. The Labute approximate surface area is 137 Å². The van der Waals surface area contributed by atoms with Crippen molar-refractivity contribution in [1.82, 2.24) is 19.9 Å². The first-order chi connectivity index (χ1) is 11.7. The Kier molecular flexibility index (Phi) is 3.34. The maximum atomic E-state index is 12.9. The molecule has 4 rings (SSSR count). The number of fused-ring (bicyclic) bond motifs is 2. The Morgan fingerprint density at radius 3 is 2.96 bits per heavy atom. The average molecular weight is 324 g/mol. The summed E-state index contributed by atoms with van der Waals surface area (Å²) in [6.07, 6.45) is 2.32. The van der Waals surface area contributed by atoms with Crippen LogP contribution >= 0.6 is 0 Å². The molecule has 2 aromatic heterocycles. The molecule has 0 spiro atoms. The molecule has 122 valence electrons. The molecular formula is C17H16N4O3. The van der Waals surface area contributed by atoms with Gasteiger partial charge in [0.1, 0.15) is 5.75 Å². The Balaban J connectivity index is 1.68. The van der Waals surface area contributed by atoms with Gasteiger partial charge in [-0.05, 0) is 35.7 Å². The number of H-pyrrole nitrogens is 2. The zero-order valence-corrected chi connectivity index (χ0v) is 13.1. The first kappa shape index (κ1) is 14.5. The van der Waals surface area contributed by atoms with Gasteiger partial charge < -0.3 is 14.6 Å². The lowest BCUT2D eigenvalue weighted by Gasteiger charge is -2.29. The molecule has 24 heavy (non-hydrogen) atoms. The molecule has 3 aromatic rings. The van der Waals surface area contributed by atoms with E-state index < -0.39 is 0 Å². The minimum atomic E-state index is -0.369. The number of carbonyl (C=O) groups is 1. The van der Waals surface area contributed by atoms with Crippen molar-refractivity contribution in [2.24, 2.45) is 0 Å². The number of amides is 1. The van der Waals surface area contributed by atoms with Crippen molar-refractivity contribution in [2.75, 3.05) is 13.7 Å². The highest BCUT2D eigenvalue weighted by molar-refractivity contribution is 6.03. The Hall–Kier alpha value is -3.09. The summed E-state index contributed by atoms with van der Waals surface area (Å²) in [6.45, 7) is 1.15. The molecule has 1 amide bonds. The van der Waals surface area contributed by atoms with Gasteiger partial charge in [0.05, 0.1) is 18.2 Å². The molecule has 2 N–H and O–H groups in total. The van der Waals surface area contributed by atoms with Gasteiger partial charge in [-0.3, -0.25) is 9.78 Å². The number of hydrogen-bond donors (Lipinski definition) is 2. The zero-order chi connectivity index (χ0) is 16.7. The lowest BCUT2D eigenvalue weighted by atomic mass is 9.99. The van der Waals surface area contributed by atoms with Crippen LogP contribution in [0, 0.1) is 0 Å². The van der Waals surface area contributed by atoms with E-state index in [0.29, 0.717) is 29.8 Å². The zero-order valence-electron chi connectivity index (χ0n) is 13.1. The first-order valence-corrected chi connectivity index (χ1v) is 7.68. The third-order valence-corrected chi connectivity index (χ3v) is 4.36. The van der Waals surface area contributed by atoms with E-state index in [2.05, 4.69) is 15.0 Å². The summed E-state index contributed by atoms with van der Waals surface area (Å²) < 4.78 is 5.27. The van der Waals surface area contributed by atoms with Crippen LogP contribution in [0.2, 0.25) is 0 Å². The Morgan fingerprint density at radius 1 is 1.25 bits per heavy atom. The number of pyridine rings is 1. The number of hydrogen-bond acceptors (Lipinski definition) is 4. The second-order valence-electron chi connectivity index (χ2n) is 5.77. The Bertz CT molecular complexity index is 989. The van der Waals surface area contributed by atoms with E-state index in [-0.39, 0.29) is 11.6 Å². The van der Waals surface area contributed by atoms with Crippen LogP contribution in [0.3, 0.4) is 0 Å². The third kappa shape index (κ3) is 2.34. The van der Waals surface area contributed by atoms with Gasteiger partial charge in [-0.1, -0.05) is 6.07 Å². The number of nitrogens with zero attached hydrogens (tertiary/aromatic N) is 2. The van der Waals surface area contributed by atoms with E-state index in [1.165, 1.54) is 11.8 Å². The van der Waals surface area contributed by atoms with Crippen molar-refractivity contribution in [3.05, 3.63) is 57.6 Å². The monoisotopic (exact) mass is 324 g/mol. The number of aromatic amines is 2. The molecule has 1 aliphatic heterocycles. The highest BCUT2D eigenvalue weighted by Gasteiger charge is 2.24. The summed E-state index contributed by atoms with van der Waals surface area (Å²) in [7, 11) is 1.63. The molecule has 0 saturated heterocycles. The molecule has 0 aliphatic carbocycles. The number of benzene rings is 1. The standard InChI is InChI=1S/C17H16N4O3/c1-24-12-3-2-10-5-7-21(9-11(10)8-12)16(22)13-4-6-18-15-14(13)19-17(23)20-15/h2-4,6,8H,5,7,9H2,1H3,(H2,18,19,20,23). The summed E-state index contributed by atoms with van der Waals surface area (Å²) in [5.41, 5.74) is 3.24. The van der Waals surface area contributed by atoms with E-state index in [0.717, 1.165) is 17.7 Å². The van der Waals surface area contributed by atoms with E-state index >= 15 is 0 Å². The summed E-state index contributed by atoms with van der Waals surface area (Å²) in [5.74, 6) is 0.662. The van der Waals surface area contributed by atoms with Crippen LogP contribution in [-0.4, -0.2) is 39.4 Å². The summed E-state index contributed by atoms with van der Waals surface area (Å²) >= 11 is 0. The highest BCUT2D eigenvalue weighted by atomic mass is 16.5. The maximum Gasteiger partial charge on any atom is 0.325 e. The first-order valence-electron chi connectivity index (χ1n) is 7.68. The van der Waals surface area contributed by atoms with Crippen molar-refractivity contribution < 1.29 is 9.53 Å². The minimum absolute atomic E-state index is 0.119. The fraction of sp³-hybridized carbons (Fsp3) is 0.235. The van der Waals surface area contributed by atoms with E-state index in [1.807, 2.05) is 18.2 Å². The molecule has 3 heterocycles. The molecule has 1 aromatic carbocycles. The molecular weight excluding hydrogens is 308 g/mol. The topological polar surface area (TPSA) is 91.1 Å². The van der Waals surface area contributed by atoms with E-state index in [1.54, 1.807) is 18.1 Å². The molecule has 7 nitrogen and oxygen atoms in total. The van der Waals surface area contributed by atoms with Gasteiger partial charge in [-0.15, -0.1) is 0 Å². The van der Waals surface area contributed by atoms with Crippen LogP contribution in [0.15, 0.2) is 35.3 Å². The van der Waals surface area contributed by atoms with Crippen LogP contribution < -0.4 is 10.4 Å². The van der Waals surface area contributed by atoms with Crippen LogP contribution in [-0.2, 0) is 13.0 Å². The fourth-order valence-electron chi connectivity index (χ4n) is 3.12. The summed E-state index contributed by atoms with van der Waals surface area (Å²) in [6, 6.07) is 7.59. The van der Waals surface area contributed by atoms with Crippen molar-refractivity contribution in [1.29, 1.82) is 0 Å².